The van der Waals surface area contributed by atoms with Crippen LogP contribution >= 0.6 is 0 Å². The molecule has 0 bridgehead atoms. The van der Waals surface area contributed by atoms with Gasteiger partial charge in [-0.05, 0) is 25.9 Å². The van der Waals surface area contributed by atoms with Gasteiger partial charge >= 0.3 is 0 Å². The number of fused-ring (bicyclic) bond motifs is 1. The second kappa shape index (κ2) is 3.71. The molecule has 2 aromatic rings. The molecule has 1 fully saturated rings. The van der Waals surface area contributed by atoms with Crippen molar-refractivity contribution in [3.8, 4) is 5.88 Å². The summed E-state index contributed by atoms with van der Waals surface area (Å²) in [6, 6.07) is 0.369. The largest absolute Gasteiger partial charge is 0.493 e. The molecule has 2 N–H and O–H groups in total. The number of aromatic nitrogens is 4. The molecule has 2 aromatic heterocycles. The van der Waals surface area contributed by atoms with Crippen molar-refractivity contribution < 1.29 is 5.11 Å². The van der Waals surface area contributed by atoms with Crippen molar-refractivity contribution in [2.45, 2.75) is 18.9 Å². The molecule has 3 heterocycles. The Morgan fingerprint density at radius 2 is 2.12 bits per heavy atom. The summed E-state index contributed by atoms with van der Waals surface area (Å²) in [5, 5.41) is 17.8. The number of piperidine rings is 1. The van der Waals surface area contributed by atoms with Crippen LogP contribution in [0.3, 0.4) is 0 Å². The molecule has 16 heavy (non-hydrogen) atoms. The highest BCUT2D eigenvalue weighted by molar-refractivity contribution is 5.79. The molecule has 6 nitrogen and oxygen atoms in total. The van der Waals surface area contributed by atoms with Crippen molar-refractivity contribution in [2.75, 3.05) is 13.1 Å². The van der Waals surface area contributed by atoms with Gasteiger partial charge in [0.05, 0.1) is 12.2 Å². The molecule has 0 unspecified atom stereocenters. The van der Waals surface area contributed by atoms with Crippen molar-refractivity contribution in [1.82, 2.24) is 25.1 Å². The number of aromatic hydroxyl groups is 1. The molecule has 1 aliphatic heterocycles. The predicted molar refractivity (Wildman–Crippen MR) is 58.1 cm³/mol. The molecule has 1 saturated heterocycles. The highest BCUT2D eigenvalue weighted by Crippen LogP contribution is 2.25. The molecule has 84 valence electrons. The maximum Gasteiger partial charge on any atom is 0.225 e. The van der Waals surface area contributed by atoms with Crippen LogP contribution in [0, 0.1) is 0 Å². The minimum Gasteiger partial charge on any atom is -0.493 e. The van der Waals surface area contributed by atoms with Crippen molar-refractivity contribution in [3.05, 3.63) is 12.5 Å². The highest BCUT2D eigenvalue weighted by Gasteiger charge is 2.19. The average Bonchev–Trinajstić information content (AvgIpc) is 2.75. The van der Waals surface area contributed by atoms with Gasteiger partial charge in [0, 0.05) is 0 Å². The van der Waals surface area contributed by atoms with E-state index >= 15 is 0 Å². The molecule has 6 heteroatoms. The number of nitrogens with zero attached hydrogens (tertiary/aromatic N) is 4. The molecule has 0 aromatic carbocycles. The van der Waals surface area contributed by atoms with Crippen LogP contribution in [0.2, 0.25) is 0 Å². The molecule has 3 rings (SSSR count). The lowest BCUT2D eigenvalue weighted by atomic mass is 10.1. The van der Waals surface area contributed by atoms with Gasteiger partial charge in [0.2, 0.25) is 5.88 Å². The summed E-state index contributed by atoms with van der Waals surface area (Å²) < 4.78 is 1.90. The van der Waals surface area contributed by atoms with E-state index in [1.807, 2.05) is 4.68 Å². The number of hydrogen-bond donors (Lipinski definition) is 2. The molecule has 0 atom stereocenters. The van der Waals surface area contributed by atoms with Crippen LogP contribution in [-0.4, -0.2) is 37.9 Å². The summed E-state index contributed by atoms with van der Waals surface area (Å²) >= 11 is 0. The lowest BCUT2D eigenvalue weighted by Gasteiger charge is -2.23. The Kier molecular flexibility index (Phi) is 2.21. The SMILES string of the molecule is Oc1ncnc2c1cnn2C1CCNCC1. The Morgan fingerprint density at radius 3 is 2.94 bits per heavy atom. The van der Waals surface area contributed by atoms with Gasteiger partial charge < -0.3 is 10.4 Å². The molecule has 0 amide bonds. The number of nitrogens with one attached hydrogen (secondary N) is 1. The van der Waals surface area contributed by atoms with Crippen LogP contribution in [0.15, 0.2) is 12.5 Å². The normalized spacial score (nSPS) is 18.0. The van der Waals surface area contributed by atoms with Gasteiger partial charge in [-0.2, -0.15) is 5.10 Å². The Hall–Kier alpha value is -1.69. The van der Waals surface area contributed by atoms with E-state index in [4.69, 9.17) is 0 Å². The summed E-state index contributed by atoms with van der Waals surface area (Å²) in [6.07, 6.45) is 5.09. The smallest absolute Gasteiger partial charge is 0.225 e. The van der Waals surface area contributed by atoms with Crippen molar-refractivity contribution in [1.29, 1.82) is 0 Å². The van der Waals surface area contributed by atoms with E-state index in [-0.39, 0.29) is 5.88 Å². The fraction of sp³-hybridized carbons (Fsp3) is 0.500. The zero-order chi connectivity index (χ0) is 11.0. The summed E-state index contributed by atoms with van der Waals surface area (Å²) in [5.41, 5.74) is 0.722. The van der Waals surface area contributed by atoms with Crippen LogP contribution in [0.25, 0.3) is 11.0 Å². The molecule has 0 spiro atoms. The number of rotatable bonds is 1. The third-order valence-electron chi connectivity index (χ3n) is 3.02. The van der Waals surface area contributed by atoms with E-state index < -0.39 is 0 Å². The molecule has 0 radical (unpaired) electrons. The first-order valence-corrected chi connectivity index (χ1v) is 5.44. The Balaban J connectivity index is 2.06. The molecule has 0 saturated carbocycles. The van der Waals surface area contributed by atoms with Crippen molar-refractivity contribution >= 4 is 11.0 Å². The lowest BCUT2D eigenvalue weighted by molar-refractivity contribution is 0.349. The average molecular weight is 219 g/mol. The fourth-order valence-electron chi connectivity index (χ4n) is 2.17. The van der Waals surface area contributed by atoms with E-state index in [1.165, 1.54) is 6.33 Å². The Morgan fingerprint density at radius 1 is 1.31 bits per heavy atom. The quantitative estimate of drug-likeness (QED) is 0.728. The van der Waals surface area contributed by atoms with Crippen LogP contribution in [-0.2, 0) is 0 Å². The van der Waals surface area contributed by atoms with Gasteiger partial charge in [-0.1, -0.05) is 0 Å². The minimum atomic E-state index is 0.00480. The van der Waals surface area contributed by atoms with Gasteiger partial charge in [0.25, 0.3) is 0 Å². The molecular weight excluding hydrogens is 206 g/mol. The molecule has 1 aliphatic rings. The Bertz CT molecular complexity index is 503. The fourth-order valence-corrected chi connectivity index (χ4v) is 2.17. The second-order valence-corrected chi connectivity index (χ2v) is 4.00. The first-order chi connectivity index (χ1) is 7.86. The summed E-state index contributed by atoms with van der Waals surface area (Å²) in [5.74, 6) is 0.00480. The van der Waals surface area contributed by atoms with Crippen LogP contribution in [0.5, 0.6) is 5.88 Å². The molecular formula is C10H13N5O. The van der Waals surface area contributed by atoms with Gasteiger partial charge in [0.1, 0.15) is 11.7 Å². The van der Waals surface area contributed by atoms with Gasteiger partial charge in [0.15, 0.2) is 5.65 Å². The van der Waals surface area contributed by atoms with E-state index in [2.05, 4.69) is 20.4 Å². The van der Waals surface area contributed by atoms with Crippen molar-refractivity contribution in [2.24, 2.45) is 0 Å². The summed E-state index contributed by atoms with van der Waals surface area (Å²) in [4.78, 5) is 7.93. The summed E-state index contributed by atoms with van der Waals surface area (Å²) in [7, 11) is 0. The first-order valence-electron chi connectivity index (χ1n) is 5.44. The van der Waals surface area contributed by atoms with Crippen LogP contribution < -0.4 is 5.32 Å². The number of hydrogen-bond acceptors (Lipinski definition) is 5. The van der Waals surface area contributed by atoms with E-state index in [0.29, 0.717) is 11.4 Å². The zero-order valence-electron chi connectivity index (χ0n) is 8.80. The van der Waals surface area contributed by atoms with Gasteiger partial charge in [-0.3, -0.25) is 0 Å². The van der Waals surface area contributed by atoms with Gasteiger partial charge in [-0.15, -0.1) is 0 Å². The van der Waals surface area contributed by atoms with E-state index in [1.54, 1.807) is 6.20 Å². The third-order valence-corrected chi connectivity index (χ3v) is 3.02. The van der Waals surface area contributed by atoms with Crippen LogP contribution in [0.4, 0.5) is 0 Å². The van der Waals surface area contributed by atoms with E-state index in [0.717, 1.165) is 31.6 Å². The second-order valence-electron chi connectivity index (χ2n) is 4.00. The minimum absolute atomic E-state index is 0.00480. The Labute approximate surface area is 92.3 Å². The summed E-state index contributed by atoms with van der Waals surface area (Å²) in [6.45, 7) is 2.01. The van der Waals surface area contributed by atoms with Crippen LogP contribution in [0.1, 0.15) is 18.9 Å². The lowest BCUT2D eigenvalue weighted by Crippen LogP contribution is -2.29. The zero-order valence-corrected chi connectivity index (χ0v) is 8.80. The topological polar surface area (TPSA) is 75.9 Å². The predicted octanol–water partition coefficient (Wildman–Crippen LogP) is 0.456. The van der Waals surface area contributed by atoms with Gasteiger partial charge in [-0.25, -0.2) is 14.6 Å². The standard InChI is InChI=1S/C10H13N5O/c16-10-8-5-14-15(9(8)12-6-13-10)7-1-3-11-4-2-7/h5-7,11H,1-4H2,(H,12,13,16). The molecule has 0 aliphatic carbocycles. The first kappa shape index (κ1) is 9.53. The maximum atomic E-state index is 9.57. The third kappa shape index (κ3) is 1.42. The highest BCUT2D eigenvalue weighted by atomic mass is 16.3. The van der Waals surface area contributed by atoms with Crippen molar-refractivity contribution in [3.63, 3.8) is 0 Å². The van der Waals surface area contributed by atoms with E-state index in [9.17, 15) is 5.11 Å². The monoisotopic (exact) mass is 219 g/mol. The maximum absolute atomic E-state index is 9.57.